The van der Waals surface area contributed by atoms with E-state index in [1.54, 1.807) is 26.0 Å². The fourth-order valence-electron chi connectivity index (χ4n) is 4.37. The number of carbonyl (C=O) groups is 1. The summed E-state index contributed by atoms with van der Waals surface area (Å²) in [6.07, 6.45) is 0. The van der Waals surface area contributed by atoms with Gasteiger partial charge in [0.25, 0.3) is 0 Å². The highest BCUT2D eigenvalue weighted by atomic mass is 32.2. The van der Waals surface area contributed by atoms with Gasteiger partial charge in [0.15, 0.2) is 10.8 Å². The van der Waals surface area contributed by atoms with Crippen LogP contribution in [0.5, 0.6) is 0 Å². The average molecular weight is 526 g/mol. The fraction of sp³-hybridized carbons (Fsp3) is 0.346. The molecule has 2 heterocycles. The minimum absolute atomic E-state index is 0.203. The summed E-state index contributed by atoms with van der Waals surface area (Å²) >= 11 is 1.33. The van der Waals surface area contributed by atoms with Crippen LogP contribution in [-0.4, -0.2) is 51.6 Å². The predicted octanol–water partition coefficient (Wildman–Crippen LogP) is 4.96. The molecule has 4 aromatic rings. The number of aryl methyl sites for hydroxylation is 3. The minimum atomic E-state index is -3.55. The molecule has 0 bridgehead atoms. The molecule has 0 radical (unpaired) electrons. The maximum atomic E-state index is 13.0. The van der Waals surface area contributed by atoms with Crippen LogP contribution >= 0.6 is 11.8 Å². The summed E-state index contributed by atoms with van der Waals surface area (Å²) in [5, 5.41) is 12.9. The van der Waals surface area contributed by atoms with Crippen molar-refractivity contribution in [3.63, 3.8) is 0 Å². The fourth-order valence-corrected chi connectivity index (χ4v) is 6.69. The van der Waals surface area contributed by atoms with Gasteiger partial charge in [0.05, 0.1) is 15.7 Å². The van der Waals surface area contributed by atoms with Gasteiger partial charge in [0, 0.05) is 24.2 Å². The lowest BCUT2D eigenvalue weighted by molar-refractivity contribution is -0.115. The monoisotopic (exact) mass is 525 g/mol. The Morgan fingerprint density at radius 2 is 1.69 bits per heavy atom. The molecule has 2 aromatic carbocycles. The van der Waals surface area contributed by atoms with Crippen molar-refractivity contribution < 1.29 is 13.2 Å². The number of fused-ring (bicyclic) bond motifs is 3. The highest BCUT2D eigenvalue weighted by Gasteiger charge is 2.23. The van der Waals surface area contributed by atoms with Crippen molar-refractivity contribution in [2.24, 2.45) is 0 Å². The quantitative estimate of drug-likeness (QED) is 0.327. The first-order valence-electron chi connectivity index (χ1n) is 11.9. The van der Waals surface area contributed by atoms with Crippen molar-refractivity contribution in [1.82, 2.24) is 18.9 Å². The second-order valence-electron chi connectivity index (χ2n) is 8.84. The number of carbonyl (C=O) groups excluding carboxylic acids is 1. The molecule has 1 atom stereocenters. The van der Waals surface area contributed by atoms with Crippen LogP contribution in [0.1, 0.15) is 37.5 Å². The van der Waals surface area contributed by atoms with Crippen LogP contribution in [0.3, 0.4) is 0 Å². The molecule has 1 N–H and O–H groups in total. The van der Waals surface area contributed by atoms with E-state index in [1.165, 1.54) is 33.8 Å². The van der Waals surface area contributed by atoms with Crippen molar-refractivity contribution >= 4 is 49.9 Å². The van der Waals surface area contributed by atoms with Crippen LogP contribution in [-0.2, 0) is 14.8 Å². The number of aromatic nitrogens is 3. The molecule has 0 aliphatic carbocycles. The average Bonchev–Trinajstić information content (AvgIpc) is 3.21. The van der Waals surface area contributed by atoms with E-state index in [0.717, 1.165) is 27.7 Å². The number of nitrogens with one attached hydrogen (secondary N) is 1. The summed E-state index contributed by atoms with van der Waals surface area (Å²) in [4.78, 5) is 13.2. The summed E-state index contributed by atoms with van der Waals surface area (Å²) in [6.45, 7) is 12.4. The number of nitrogens with zero attached hydrogens (tertiary/aromatic N) is 4. The Labute approximate surface area is 216 Å². The number of amides is 1. The molecular weight excluding hydrogens is 494 g/mol. The number of thioether (sulfide) groups is 1. The lowest BCUT2D eigenvalue weighted by Crippen LogP contribution is -2.30. The maximum absolute atomic E-state index is 13.0. The van der Waals surface area contributed by atoms with Crippen molar-refractivity contribution in [3.05, 3.63) is 59.2 Å². The molecule has 8 nitrogen and oxygen atoms in total. The second kappa shape index (κ2) is 10.2. The van der Waals surface area contributed by atoms with Gasteiger partial charge in [0.1, 0.15) is 0 Å². The smallest absolute Gasteiger partial charge is 0.243 e. The lowest BCUT2D eigenvalue weighted by Gasteiger charge is -2.18. The topological polar surface area (TPSA) is 96.7 Å². The van der Waals surface area contributed by atoms with Crippen LogP contribution in [0.4, 0.5) is 5.69 Å². The number of hydrogen-bond acceptors (Lipinski definition) is 6. The molecule has 1 unspecified atom stereocenters. The first-order chi connectivity index (χ1) is 17.1. The highest BCUT2D eigenvalue weighted by molar-refractivity contribution is 8.00. The molecule has 0 spiro atoms. The maximum Gasteiger partial charge on any atom is 0.243 e. The standard InChI is InChI=1S/C26H31N5O3S2/c1-7-30(8-2)36(33,34)21-11-9-20(10-12-21)27-25(32)19(6)35-26-29-28-23-15-17(4)22-14-16(3)13-18(5)24(22)31(23)26/h9-15,19H,7-8H2,1-6H3,(H,27,32). The third-order valence-electron chi connectivity index (χ3n) is 6.21. The number of benzene rings is 2. The van der Waals surface area contributed by atoms with Crippen molar-refractivity contribution in [2.75, 3.05) is 18.4 Å². The largest absolute Gasteiger partial charge is 0.325 e. The third kappa shape index (κ3) is 4.85. The summed E-state index contributed by atoms with van der Waals surface area (Å²) in [5.74, 6) is -0.208. The van der Waals surface area contributed by atoms with E-state index in [9.17, 15) is 13.2 Å². The Morgan fingerprint density at radius 1 is 1.03 bits per heavy atom. The van der Waals surface area contributed by atoms with E-state index < -0.39 is 15.3 Å². The Hall–Kier alpha value is -2.95. The van der Waals surface area contributed by atoms with Gasteiger partial charge < -0.3 is 5.32 Å². The zero-order chi connectivity index (χ0) is 26.2. The van der Waals surface area contributed by atoms with E-state index in [4.69, 9.17) is 0 Å². The third-order valence-corrected chi connectivity index (χ3v) is 9.32. The lowest BCUT2D eigenvalue weighted by atomic mass is 10.0. The molecule has 10 heteroatoms. The van der Waals surface area contributed by atoms with E-state index in [1.807, 2.05) is 17.4 Å². The summed E-state index contributed by atoms with van der Waals surface area (Å²) in [6, 6.07) is 12.6. The van der Waals surface area contributed by atoms with Gasteiger partial charge >= 0.3 is 0 Å². The van der Waals surface area contributed by atoms with Crippen LogP contribution < -0.4 is 5.32 Å². The van der Waals surface area contributed by atoms with E-state index in [-0.39, 0.29) is 10.8 Å². The van der Waals surface area contributed by atoms with E-state index in [0.29, 0.717) is 23.9 Å². The van der Waals surface area contributed by atoms with Gasteiger partial charge in [0.2, 0.25) is 15.9 Å². The molecule has 0 fully saturated rings. The Bertz CT molecular complexity index is 1540. The van der Waals surface area contributed by atoms with E-state index >= 15 is 0 Å². The number of sulfonamides is 1. The molecule has 190 valence electrons. The molecular formula is C26H31N5O3S2. The summed E-state index contributed by atoms with van der Waals surface area (Å²) in [7, 11) is -3.55. The Morgan fingerprint density at radius 3 is 2.33 bits per heavy atom. The number of anilines is 1. The zero-order valence-corrected chi connectivity index (χ0v) is 23.0. The van der Waals surface area contributed by atoms with Gasteiger partial charge in [-0.1, -0.05) is 37.2 Å². The summed E-state index contributed by atoms with van der Waals surface area (Å²) < 4.78 is 28.8. The Kier molecular flexibility index (Phi) is 7.40. The van der Waals surface area contributed by atoms with Crippen LogP contribution in [0.15, 0.2) is 52.5 Å². The van der Waals surface area contributed by atoms with Gasteiger partial charge in [-0.15, -0.1) is 10.2 Å². The number of rotatable bonds is 8. The minimum Gasteiger partial charge on any atom is -0.325 e. The molecule has 0 saturated heterocycles. The first-order valence-corrected chi connectivity index (χ1v) is 14.2. The van der Waals surface area contributed by atoms with Crippen molar-refractivity contribution in [2.45, 2.75) is 56.8 Å². The molecule has 0 aliphatic heterocycles. The Balaban J connectivity index is 1.55. The van der Waals surface area contributed by atoms with E-state index in [2.05, 4.69) is 48.4 Å². The highest BCUT2D eigenvalue weighted by Crippen LogP contribution is 2.31. The van der Waals surface area contributed by atoms with Crippen LogP contribution in [0.25, 0.3) is 16.6 Å². The number of hydrogen-bond donors (Lipinski definition) is 1. The van der Waals surface area contributed by atoms with Gasteiger partial charge in [-0.25, -0.2) is 8.42 Å². The van der Waals surface area contributed by atoms with Gasteiger partial charge in [-0.05, 0) is 75.2 Å². The molecule has 1 amide bonds. The second-order valence-corrected chi connectivity index (χ2v) is 12.1. The molecule has 0 saturated carbocycles. The van der Waals surface area contributed by atoms with Crippen LogP contribution in [0.2, 0.25) is 0 Å². The normalized spacial score (nSPS) is 13.0. The number of pyridine rings is 1. The molecule has 36 heavy (non-hydrogen) atoms. The van der Waals surface area contributed by atoms with Gasteiger partial charge in [-0.3, -0.25) is 9.20 Å². The molecule has 0 aliphatic rings. The zero-order valence-electron chi connectivity index (χ0n) is 21.4. The van der Waals surface area contributed by atoms with Crippen molar-refractivity contribution in [3.8, 4) is 0 Å². The SMILES string of the molecule is CCN(CC)S(=O)(=O)c1ccc(NC(=O)C(C)Sc2nnc3cc(C)c4cc(C)cc(C)c4n23)cc1. The molecule has 4 rings (SSSR count). The van der Waals surface area contributed by atoms with Gasteiger partial charge in [-0.2, -0.15) is 4.31 Å². The first kappa shape index (κ1) is 26.1. The van der Waals surface area contributed by atoms with Crippen molar-refractivity contribution in [1.29, 1.82) is 0 Å². The molecule has 2 aromatic heterocycles. The predicted molar refractivity (Wildman–Crippen MR) is 145 cm³/mol. The summed E-state index contributed by atoms with van der Waals surface area (Å²) in [5.41, 5.74) is 5.76. The van der Waals surface area contributed by atoms with Crippen LogP contribution in [0, 0.1) is 20.8 Å².